The molecule has 0 N–H and O–H groups in total. The largest absolute Gasteiger partial charge is 0.457 e. The molecule has 1 aromatic heterocycles. The van der Waals surface area contributed by atoms with Crippen molar-refractivity contribution in [1.82, 2.24) is 0 Å². The first-order valence-corrected chi connectivity index (χ1v) is 4.81. The zero-order chi connectivity index (χ0) is 14.3. The molecule has 0 spiro atoms. The minimum atomic E-state index is -5.30. The van der Waals surface area contributed by atoms with Gasteiger partial charge < -0.3 is 4.42 Å². The maximum Gasteiger partial charge on any atom is 0.420 e. The van der Waals surface area contributed by atoms with E-state index in [0.29, 0.717) is 6.92 Å². The highest BCUT2D eigenvalue weighted by Gasteiger charge is 2.50. The smallest absolute Gasteiger partial charge is 0.420 e. The molecule has 18 heavy (non-hydrogen) atoms. The Balaban J connectivity index is 3.71. The van der Waals surface area contributed by atoms with Crippen molar-refractivity contribution in [3.8, 4) is 0 Å². The van der Waals surface area contributed by atoms with Gasteiger partial charge >= 0.3 is 12.4 Å². The fourth-order valence-corrected chi connectivity index (χ4v) is 1.55. The van der Waals surface area contributed by atoms with E-state index in [9.17, 15) is 31.1 Å². The SMILES string of the molecule is CCc1oc(C(C)=O)c(C(F)(F)F)c1C(F)(F)F. The fraction of sp³-hybridized carbons (Fsp3) is 0.500. The molecule has 1 heterocycles. The van der Waals surface area contributed by atoms with Crippen LogP contribution in [0.1, 0.15) is 41.3 Å². The summed E-state index contributed by atoms with van der Waals surface area (Å²) in [6.45, 7) is 1.92. The quantitative estimate of drug-likeness (QED) is 0.600. The van der Waals surface area contributed by atoms with E-state index in [1.54, 1.807) is 0 Å². The molecule has 0 aliphatic heterocycles. The number of furan rings is 1. The Labute approximate surface area is 97.6 Å². The molecule has 0 amide bonds. The Morgan fingerprint density at radius 1 is 1.06 bits per heavy atom. The topological polar surface area (TPSA) is 30.2 Å². The molecule has 0 radical (unpaired) electrons. The number of ketones is 1. The van der Waals surface area contributed by atoms with E-state index < -0.39 is 47.2 Å². The lowest BCUT2D eigenvalue weighted by molar-refractivity contribution is -0.161. The van der Waals surface area contributed by atoms with Crippen LogP contribution in [0.5, 0.6) is 0 Å². The fourth-order valence-electron chi connectivity index (χ4n) is 1.55. The third-order valence-electron chi connectivity index (χ3n) is 2.19. The first-order valence-electron chi connectivity index (χ1n) is 4.81. The van der Waals surface area contributed by atoms with Crippen LogP contribution in [-0.4, -0.2) is 5.78 Å². The Kier molecular flexibility index (Phi) is 3.51. The van der Waals surface area contributed by atoms with Gasteiger partial charge in [-0.1, -0.05) is 6.92 Å². The molecule has 0 fully saturated rings. The standard InChI is InChI=1S/C10H8F6O2/c1-3-5-6(9(11,12)13)7(10(14,15)16)8(18-5)4(2)17/h3H2,1-2H3. The molecular weight excluding hydrogens is 266 g/mol. The van der Waals surface area contributed by atoms with Crippen LogP contribution < -0.4 is 0 Å². The number of carbonyl (C=O) groups is 1. The number of alkyl halides is 6. The second-order valence-corrected chi connectivity index (χ2v) is 3.51. The number of hydrogen-bond donors (Lipinski definition) is 0. The van der Waals surface area contributed by atoms with Crippen LogP contribution in [0.3, 0.4) is 0 Å². The van der Waals surface area contributed by atoms with Gasteiger partial charge in [0.25, 0.3) is 0 Å². The molecule has 0 atom stereocenters. The molecule has 1 rings (SSSR count). The first kappa shape index (κ1) is 14.6. The molecule has 0 aliphatic carbocycles. The first-order chi connectivity index (χ1) is 8.00. The summed E-state index contributed by atoms with van der Waals surface area (Å²) in [6.07, 6.45) is -10.9. The van der Waals surface area contributed by atoms with Crippen LogP contribution in [0, 0.1) is 0 Å². The van der Waals surface area contributed by atoms with E-state index in [0.717, 1.165) is 0 Å². The monoisotopic (exact) mass is 274 g/mol. The second kappa shape index (κ2) is 4.33. The third kappa shape index (κ3) is 2.51. The lowest BCUT2D eigenvalue weighted by Gasteiger charge is -2.11. The number of rotatable bonds is 2. The van der Waals surface area contributed by atoms with Gasteiger partial charge in [-0.3, -0.25) is 4.79 Å². The van der Waals surface area contributed by atoms with Crippen molar-refractivity contribution in [3.05, 3.63) is 22.6 Å². The highest BCUT2D eigenvalue weighted by molar-refractivity contribution is 5.93. The molecule has 1 aromatic rings. The van der Waals surface area contributed by atoms with E-state index in [4.69, 9.17) is 0 Å². The van der Waals surface area contributed by atoms with Crippen molar-refractivity contribution in [1.29, 1.82) is 0 Å². The van der Waals surface area contributed by atoms with Crippen molar-refractivity contribution < 1.29 is 35.6 Å². The molecule has 8 heteroatoms. The average molecular weight is 274 g/mol. The van der Waals surface area contributed by atoms with E-state index in [2.05, 4.69) is 4.42 Å². The molecule has 0 aliphatic rings. The van der Waals surface area contributed by atoms with Crippen LogP contribution >= 0.6 is 0 Å². The van der Waals surface area contributed by atoms with Gasteiger partial charge in [0.1, 0.15) is 16.9 Å². The predicted molar refractivity (Wildman–Crippen MR) is 48.1 cm³/mol. The molecule has 102 valence electrons. The van der Waals surface area contributed by atoms with Crippen LogP contribution in [0.2, 0.25) is 0 Å². The Bertz CT molecular complexity index is 466. The molecule has 0 aromatic carbocycles. The van der Waals surface area contributed by atoms with Gasteiger partial charge in [0.15, 0.2) is 11.5 Å². The maximum atomic E-state index is 12.6. The van der Waals surface area contributed by atoms with E-state index in [1.165, 1.54) is 6.92 Å². The summed E-state index contributed by atoms with van der Waals surface area (Å²) in [7, 11) is 0. The van der Waals surface area contributed by atoms with E-state index in [-0.39, 0.29) is 0 Å². The summed E-state index contributed by atoms with van der Waals surface area (Å²) in [6, 6.07) is 0. The summed E-state index contributed by atoms with van der Waals surface area (Å²) in [5.41, 5.74) is -3.96. The summed E-state index contributed by atoms with van der Waals surface area (Å²) < 4.78 is 80.2. The minimum Gasteiger partial charge on any atom is -0.457 e. The van der Waals surface area contributed by atoms with Crippen molar-refractivity contribution in [3.63, 3.8) is 0 Å². The predicted octanol–water partition coefficient (Wildman–Crippen LogP) is 4.08. The van der Waals surface area contributed by atoms with E-state index >= 15 is 0 Å². The molecule has 2 nitrogen and oxygen atoms in total. The zero-order valence-corrected chi connectivity index (χ0v) is 9.29. The lowest BCUT2D eigenvalue weighted by atomic mass is 10.0. The third-order valence-corrected chi connectivity index (χ3v) is 2.19. The van der Waals surface area contributed by atoms with E-state index in [1.807, 2.05) is 0 Å². The highest BCUT2D eigenvalue weighted by atomic mass is 19.4. The van der Waals surface area contributed by atoms with Gasteiger partial charge in [-0.05, 0) is 0 Å². The second-order valence-electron chi connectivity index (χ2n) is 3.51. The number of hydrogen-bond acceptors (Lipinski definition) is 2. The number of Topliss-reactive ketones (excluding diaryl/α,β-unsaturated/α-hetero) is 1. The van der Waals surface area contributed by atoms with Crippen molar-refractivity contribution in [2.75, 3.05) is 0 Å². The Morgan fingerprint density at radius 3 is 1.78 bits per heavy atom. The van der Waals surface area contributed by atoms with Gasteiger partial charge in [-0.25, -0.2) is 0 Å². The van der Waals surface area contributed by atoms with Crippen LogP contribution in [0.25, 0.3) is 0 Å². The van der Waals surface area contributed by atoms with Crippen molar-refractivity contribution in [2.45, 2.75) is 32.6 Å². The minimum absolute atomic E-state index is 0.398. The number of aryl methyl sites for hydroxylation is 1. The van der Waals surface area contributed by atoms with Crippen molar-refractivity contribution >= 4 is 5.78 Å². The van der Waals surface area contributed by atoms with Gasteiger partial charge in [0, 0.05) is 13.3 Å². The zero-order valence-electron chi connectivity index (χ0n) is 9.29. The van der Waals surface area contributed by atoms with Gasteiger partial charge in [-0.15, -0.1) is 0 Å². The van der Waals surface area contributed by atoms with Crippen LogP contribution in [0.15, 0.2) is 4.42 Å². The summed E-state index contributed by atoms with van der Waals surface area (Å²) in [5, 5.41) is 0. The Morgan fingerprint density at radius 2 is 1.50 bits per heavy atom. The number of halogens is 6. The van der Waals surface area contributed by atoms with Gasteiger partial charge in [-0.2, -0.15) is 26.3 Å². The molecule has 0 unspecified atom stereocenters. The molecule has 0 saturated heterocycles. The van der Waals surface area contributed by atoms with Gasteiger partial charge in [0.05, 0.1) is 0 Å². The normalized spacial score (nSPS) is 12.9. The summed E-state index contributed by atoms with van der Waals surface area (Å²) in [5.74, 6) is -3.39. The lowest BCUT2D eigenvalue weighted by Crippen LogP contribution is -2.18. The van der Waals surface area contributed by atoms with Gasteiger partial charge in [0.2, 0.25) is 0 Å². The number of carbonyl (C=O) groups excluding carboxylic acids is 1. The summed E-state index contributed by atoms with van der Waals surface area (Å²) in [4.78, 5) is 11.0. The van der Waals surface area contributed by atoms with Crippen LogP contribution in [-0.2, 0) is 18.8 Å². The molecular formula is C10H8F6O2. The van der Waals surface area contributed by atoms with Crippen molar-refractivity contribution in [2.24, 2.45) is 0 Å². The molecule has 0 bridgehead atoms. The molecule has 0 saturated carbocycles. The maximum absolute atomic E-state index is 12.6. The average Bonchev–Trinajstić information content (AvgIpc) is 2.55. The highest BCUT2D eigenvalue weighted by Crippen LogP contribution is 2.45. The Hall–Kier alpha value is -1.47. The summed E-state index contributed by atoms with van der Waals surface area (Å²) >= 11 is 0. The van der Waals surface area contributed by atoms with Crippen LogP contribution in [0.4, 0.5) is 26.3 Å².